The molecule has 0 spiro atoms. The van der Waals surface area contributed by atoms with Crippen LogP contribution in [0.4, 0.5) is 0 Å². The third-order valence-electron chi connectivity index (χ3n) is 4.40. The predicted molar refractivity (Wildman–Crippen MR) is 109 cm³/mol. The van der Waals surface area contributed by atoms with Gasteiger partial charge in [0.2, 0.25) is 0 Å². The number of aromatic nitrogens is 1. The lowest BCUT2D eigenvalue weighted by Crippen LogP contribution is -2.39. The van der Waals surface area contributed by atoms with Gasteiger partial charge in [0.1, 0.15) is 6.04 Å². The quantitative estimate of drug-likeness (QED) is 0.617. The van der Waals surface area contributed by atoms with Crippen LogP contribution in [0.5, 0.6) is 0 Å². The lowest BCUT2D eigenvalue weighted by Gasteiger charge is -2.22. The number of carbonyl (C=O) groups excluding carboxylic acids is 1. The molecule has 4 rings (SSSR count). The Morgan fingerprint density at radius 3 is 2.70 bits per heavy atom. The molecule has 0 bridgehead atoms. The van der Waals surface area contributed by atoms with E-state index < -0.39 is 12.0 Å². The number of hydrogen-bond acceptors (Lipinski definition) is 7. The number of allylic oxidation sites excluding steroid dienone is 1. The molecule has 0 radical (unpaired) electrons. The smallest absolute Gasteiger partial charge is 0.338 e. The minimum absolute atomic E-state index is 0.140. The van der Waals surface area contributed by atoms with Crippen LogP contribution in [0.3, 0.4) is 0 Å². The van der Waals surface area contributed by atoms with Crippen LogP contribution in [0.2, 0.25) is 0 Å². The van der Waals surface area contributed by atoms with E-state index >= 15 is 0 Å². The Kier molecular flexibility index (Phi) is 4.71. The maximum absolute atomic E-state index is 13.2. The second-order valence-corrected chi connectivity index (χ2v) is 8.99. The summed E-state index contributed by atoms with van der Waals surface area (Å²) in [5, 5.41) is 3.94. The summed E-state index contributed by atoms with van der Waals surface area (Å²) in [6.45, 7) is 3.81. The third kappa shape index (κ3) is 3.03. The Morgan fingerprint density at radius 2 is 2.07 bits per heavy atom. The Morgan fingerprint density at radius 1 is 1.26 bits per heavy atom. The van der Waals surface area contributed by atoms with Crippen molar-refractivity contribution in [1.82, 2.24) is 4.57 Å². The molecule has 27 heavy (non-hydrogen) atoms. The van der Waals surface area contributed by atoms with Crippen LogP contribution in [-0.2, 0) is 9.53 Å². The standard InChI is InChI=1S/C19H16N2O3S3/c1-10-6-8-26-13(10)9-14-17(22)21-16(12-5-4-7-25-12)15(18(23)24-3)11(2)20-19(21)27-14/h4-9,16H,1-3H3/b14-9-/t16-/m0/s1. The van der Waals surface area contributed by atoms with Crippen LogP contribution in [0.1, 0.15) is 28.3 Å². The molecular formula is C19H16N2O3S3. The van der Waals surface area contributed by atoms with Gasteiger partial charge in [-0.3, -0.25) is 9.36 Å². The summed E-state index contributed by atoms with van der Waals surface area (Å²) >= 11 is 4.45. The number of nitrogens with zero attached hydrogens (tertiary/aromatic N) is 2. The van der Waals surface area contributed by atoms with Crippen LogP contribution >= 0.6 is 34.0 Å². The third-order valence-corrected chi connectivity index (χ3v) is 7.28. The highest BCUT2D eigenvalue weighted by Crippen LogP contribution is 2.32. The first-order chi connectivity index (χ1) is 13.0. The van der Waals surface area contributed by atoms with E-state index in [0.29, 0.717) is 20.6 Å². The maximum atomic E-state index is 13.2. The first-order valence-electron chi connectivity index (χ1n) is 8.19. The normalized spacial score (nSPS) is 17.0. The van der Waals surface area contributed by atoms with E-state index in [1.165, 1.54) is 29.8 Å². The zero-order valence-corrected chi connectivity index (χ0v) is 17.3. The topological polar surface area (TPSA) is 60.7 Å². The van der Waals surface area contributed by atoms with Crippen molar-refractivity contribution in [1.29, 1.82) is 0 Å². The number of ether oxygens (including phenoxy) is 1. The minimum Gasteiger partial charge on any atom is -0.466 e. The lowest BCUT2D eigenvalue weighted by molar-refractivity contribution is -0.136. The molecule has 1 atom stereocenters. The fourth-order valence-corrected chi connectivity index (χ4v) is 5.85. The molecule has 3 aromatic rings. The zero-order chi connectivity index (χ0) is 19.1. The second-order valence-electron chi connectivity index (χ2n) is 6.06. The van der Waals surface area contributed by atoms with Crippen molar-refractivity contribution >= 4 is 46.1 Å². The first kappa shape index (κ1) is 18.1. The van der Waals surface area contributed by atoms with Crippen molar-refractivity contribution < 1.29 is 9.53 Å². The molecule has 0 N–H and O–H groups in total. The summed E-state index contributed by atoms with van der Waals surface area (Å²) < 4.78 is 7.21. The monoisotopic (exact) mass is 416 g/mol. The van der Waals surface area contributed by atoms with Gasteiger partial charge >= 0.3 is 5.97 Å². The van der Waals surface area contributed by atoms with Crippen molar-refractivity contribution in [3.63, 3.8) is 0 Å². The van der Waals surface area contributed by atoms with Crippen molar-refractivity contribution in [3.8, 4) is 0 Å². The van der Waals surface area contributed by atoms with E-state index in [2.05, 4.69) is 4.99 Å². The van der Waals surface area contributed by atoms with Crippen LogP contribution in [0.25, 0.3) is 6.08 Å². The molecule has 1 aliphatic rings. The highest BCUT2D eigenvalue weighted by atomic mass is 32.1. The Balaban J connectivity index is 2.00. The summed E-state index contributed by atoms with van der Waals surface area (Å²) in [7, 11) is 1.35. The van der Waals surface area contributed by atoms with Crippen LogP contribution in [0, 0.1) is 6.92 Å². The van der Waals surface area contributed by atoms with Gasteiger partial charge in [-0.1, -0.05) is 17.4 Å². The predicted octanol–water partition coefficient (Wildman–Crippen LogP) is 2.84. The summed E-state index contributed by atoms with van der Waals surface area (Å²) in [5.74, 6) is -0.460. The maximum Gasteiger partial charge on any atom is 0.338 e. The number of carbonyl (C=O) groups is 1. The number of thiophene rings is 2. The molecule has 3 aromatic heterocycles. The van der Waals surface area contributed by atoms with E-state index in [1.54, 1.807) is 22.8 Å². The summed E-state index contributed by atoms with van der Waals surface area (Å²) in [6, 6.07) is 5.36. The number of esters is 1. The van der Waals surface area contributed by atoms with E-state index in [0.717, 1.165) is 15.3 Å². The van der Waals surface area contributed by atoms with Crippen LogP contribution in [0.15, 0.2) is 50.0 Å². The number of rotatable bonds is 3. The zero-order valence-electron chi connectivity index (χ0n) is 14.9. The van der Waals surface area contributed by atoms with Gasteiger partial charge in [0.05, 0.1) is 22.9 Å². The fraction of sp³-hybridized carbons (Fsp3) is 0.211. The van der Waals surface area contributed by atoms with Crippen molar-refractivity contribution in [2.24, 2.45) is 4.99 Å². The van der Waals surface area contributed by atoms with Gasteiger partial charge < -0.3 is 4.74 Å². The Labute approximate surface area is 167 Å². The van der Waals surface area contributed by atoms with E-state index in [1.807, 2.05) is 42.0 Å². The van der Waals surface area contributed by atoms with Crippen molar-refractivity contribution in [3.05, 3.63) is 75.2 Å². The highest BCUT2D eigenvalue weighted by molar-refractivity contribution is 7.11. The van der Waals surface area contributed by atoms with Gasteiger partial charge in [-0.05, 0) is 48.4 Å². The van der Waals surface area contributed by atoms with Gasteiger partial charge in [-0.25, -0.2) is 9.79 Å². The molecule has 0 saturated heterocycles. The van der Waals surface area contributed by atoms with E-state index in [9.17, 15) is 9.59 Å². The van der Waals surface area contributed by atoms with Crippen LogP contribution in [-0.4, -0.2) is 17.6 Å². The molecule has 0 unspecified atom stereocenters. The largest absolute Gasteiger partial charge is 0.466 e. The number of thiazole rings is 1. The molecule has 5 nitrogen and oxygen atoms in total. The highest BCUT2D eigenvalue weighted by Gasteiger charge is 2.33. The molecule has 0 aliphatic carbocycles. The van der Waals surface area contributed by atoms with Crippen molar-refractivity contribution in [2.45, 2.75) is 19.9 Å². The lowest BCUT2D eigenvalue weighted by atomic mass is 10.0. The summed E-state index contributed by atoms with van der Waals surface area (Å²) in [5.41, 5.74) is 1.98. The Hall–Kier alpha value is -2.29. The average Bonchev–Trinajstić information content (AvgIpc) is 3.37. The van der Waals surface area contributed by atoms with Crippen molar-refractivity contribution in [2.75, 3.05) is 7.11 Å². The SMILES string of the molecule is COC(=O)C1=C(C)N=c2s/c(=C\c3sccc3C)c(=O)n2[C@H]1c1cccs1. The fourth-order valence-electron chi connectivity index (χ4n) is 3.06. The molecular weight excluding hydrogens is 400 g/mol. The van der Waals surface area contributed by atoms with E-state index in [-0.39, 0.29) is 5.56 Å². The Bertz CT molecular complexity index is 1230. The molecule has 0 fully saturated rings. The van der Waals surface area contributed by atoms with Gasteiger partial charge in [-0.2, -0.15) is 0 Å². The van der Waals surface area contributed by atoms with Gasteiger partial charge in [0, 0.05) is 9.75 Å². The van der Waals surface area contributed by atoms with Gasteiger partial charge in [-0.15, -0.1) is 22.7 Å². The second kappa shape index (κ2) is 7.03. The number of fused-ring (bicyclic) bond motifs is 1. The van der Waals surface area contributed by atoms with Gasteiger partial charge in [0.15, 0.2) is 4.80 Å². The molecule has 1 aliphatic heterocycles. The van der Waals surface area contributed by atoms with Crippen LogP contribution < -0.4 is 14.9 Å². The molecule has 8 heteroatoms. The molecule has 138 valence electrons. The summed E-state index contributed by atoms with van der Waals surface area (Å²) in [6.07, 6.45) is 1.91. The molecule has 0 amide bonds. The minimum atomic E-state index is -0.514. The molecule has 0 aromatic carbocycles. The summed E-state index contributed by atoms with van der Waals surface area (Å²) in [4.78, 5) is 32.8. The van der Waals surface area contributed by atoms with Gasteiger partial charge in [0.25, 0.3) is 5.56 Å². The molecule has 4 heterocycles. The number of hydrogen-bond donors (Lipinski definition) is 0. The number of aryl methyl sites for hydroxylation is 1. The average molecular weight is 417 g/mol. The first-order valence-corrected chi connectivity index (χ1v) is 10.8. The van der Waals surface area contributed by atoms with E-state index in [4.69, 9.17) is 4.74 Å². The number of methoxy groups -OCH3 is 1. The molecule has 0 saturated carbocycles.